The molecule has 4 rings (SSSR count). The summed E-state index contributed by atoms with van der Waals surface area (Å²) < 4.78 is 0. The average molecular weight is 233 g/mol. The molecule has 0 saturated carbocycles. The molecule has 86 valence electrons. The number of benzene rings is 2. The van der Waals surface area contributed by atoms with E-state index in [9.17, 15) is 0 Å². The molecule has 0 unspecified atom stereocenters. The number of para-hydroxylation sites is 1. The van der Waals surface area contributed by atoms with Crippen molar-refractivity contribution in [2.24, 2.45) is 0 Å². The van der Waals surface area contributed by atoms with Gasteiger partial charge in [-0.25, -0.2) is 9.97 Å². The number of rotatable bonds is 0. The van der Waals surface area contributed by atoms with Gasteiger partial charge < -0.3 is 4.90 Å². The van der Waals surface area contributed by atoms with Gasteiger partial charge in [-0.15, -0.1) is 0 Å². The van der Waals surface area contributed by atoms with Crippen molar-refractivity contribution in [3.63, 3.8) is 0 Å². The lowest BCUT2D eigenvalue weighted by Gasteiger charge is -2.28. The highest BCUT2D eigenvalue weighted by Crippen LogP contribution is 2.44. The predicted octanol–water partition coefficient (Wildman–Crippen LogP) is 3.38. The minimum absolute atomic E-state index is 0.999. The van der Waals surface area contributed by atoms with Crippen LogP contribution in [0.15, 0.2) is 48.8 Å². The van der Waals surface area contributed by atoms with Crippen molar-refractivity contribution in [1.82, 2.24) is 9.97 Å². The maximum absolute atomic E-state index is 4.48. The molecule has 1 aliphatic heterocycles. The third-order valence-corrected chi connectivity index (χ3v) is 3.52. The molecule has 18 heavy (non-hydrogen) atoms. The van der Waals surface area contributed by atoms with E-state index < -0.39 is 0 Å². The molecule has 0 saturated heterocycles. The van der Waals surface area contributed by atoms with Gasteiger partial charge in [-0.2, -0.15) is 0 Å². The molecular formula is C15H11N3. The monoisotopic (exact) mass is 233 g/mol. The van der Waals surface area contributed by atoms with Crippen LogP contribution in [0.3, 0.4) is 0 Å². The molecule has 3 heteroatoms. The normalized spacial score (nSPS) is 12.6. The zero-order valence-electron chi connectivity index (χ0n) is 9.96. The fourth-order valence-electron chi connectivity index (χ4n) is 2.67. The molecule has 0 N–H and O–H groups in total. The van der Waals surface area contributed by atoms with Crippen molar-refractivity contribution < 1.29 is 0 Å². The first-order valence-electron chi connectivity index (χ1n) is 5.93. The Morgan fingerprint density at radius 1 is 0.889 bits per heavy atom. The Morgan fingerprint density at radius 3 is 2.67 bits per heavy atom. The summed E-state index contributed by atoms with van der Waals surface area (Å²) in [5.74, 6) is 0. The molecule has 0 amide bonds. The van der Waals surface area contributed by atoms with Crippen molar-refractivity contribution in [2.45, 2.75) is 0 Å². The average Bonchev–Trinajstić information content (AvgIpc) is 2.44. The Kier molecular flexibility index (Phi) is 1.75. The van der Waals surface area contributed by atoms with E-state index in [0.29, 0.717) is 0 Å². The second-order valence-corrected chi connectivity index (χ2v) is 4.47. The van der Waals surface area contributed by atoms with E-state index in [2.05, 4.69) is 52.2 Å². The smallest absolute Gasteiger partial charge is 0.116 e. The minimum Gasteiger partial charge on any atom is -0.343 e. The lowest BCUT2D eigenvalue weighted by atomic mass is 9.98. The Bertz CT molecular complexity index is 759. The number of hydrogen-bond donors (Lipinski definition) is 0. The van der Waals surface area contributed by atoms with Crippen LogP contribution in [0, 0.1) is 0 Å². The third-order valence-electron chi connectivity index (χ3n) is 3.52. The van der Waals surface area contributed by atoms with Crippen LogP contribution < -0.4 is 4.90 Å². The van der Waals surface area contributed by atoms with Crippen LogP contribution in [0.25, 0.3) is 22.2 Å². The van der Waals surface area contributed by atoms with Gasteiger partial charge in [0.1, 0.15) is 6.33 Å². The molecule has 3 aromatic rings. The molecule has 0 radical (unpaired) electrons. The second kappa shape index (κ2) is 3.29. The SMILES string of the molecule is CN1c2ccccc2-c2ncnc3cccc1c23. The summed E-state index contributed by atoms with van der Waals surface area (Å²) in [6.45, 7) is 0. The first-order chi connectivity index (χ1) is 8.86. The topological polar surface area (TPSA) is 29.0 Å². The van der Waals surface area contributed by atoms with Gasteiger partial charge in [0.25, 0.3) is 0 Å². The van der Waals surface area contributed by atoms with Gasteiger partial charge in [-0.3, -0.25) is 0 Å². The van der Waals surface area contributed by atoms with E-state index in [1.165, 1.54) is 16.9 Å². The fraction of sp³-hybridized carbons (Fsp3) is 0.0667. The highest BCUT2D eigenvalue weighted by atomic mass is 15.1. The lowest BCUT2D eigenvalue weighted by Crippen LogP contribution is -2.15. The van der Waals surface area contributed by atoms with Gasteiger partial charge in [-0.05, 0) is 18.2 Å². The van der Waals surface area contributed by atoms with E-state index in [1.807, 2.05) is 12.1 Å². The summed E-state index contributed by atoms with van der Waals surface area (Å²) in [5, 5.41) is 1.14. The Hall–Kier alpha value is -2.42. The van der Waals surface area contributed by atoms with Crippen molar-refractivity contribution in [3.8, 4) is 11.3 Å². The van der Waals surface area contributed by atoms with Crippen molar-refractivity contribution >= 4 is 22.3 Å². The molecular weight excluding hydrogens is 222 g/mol. The number of aromatic nitrogens is 2. The molecule has 0 aliphatic carbocycles. The third kappa shape index (κ3) is 1.08. The van der Waals surface area contributed by atoms with E-state index in [-0.39, 0.29) is 0 Å². The van der Waals surface area contributed by atoms with Gasteiger partial charge >= 0.3 is 0 Å². The molecule has 2 heterocycles. The first kappa shape index (κ1) is 9.59. The predicted molar refractivity (Wildman–Crippen MR) is 73.0 cm³/mol. The standard InChI is InChI=1S/C15H11N3/c1-18-12-7-3-2-5-10(12)15-14-11(16-9-17-15)6-4-8-13(14)18/h2-9H,1H3. The van der Waals surface area contributed by atoms with E-state index in [4.69, 9.17) is 0 Å². The fourth-order valence-corrected chi connectivity index (χ4v) is 2.67. The van der Waals surface area contributed by atoms with Gasteiger partial charge in [0.15, 0.2) is 0 Å². The zero-order chi connectivity index (χ0) is 12.1. The van der Waals surface area contributed by atoms with Crippen LogP contribution in [0.5, 0.6) is 0 Å². The van der Waals surface area contributed by atoms with Crippen molar-refractivity contribution in [3.05, 3.63) is 48.8 Å². The Morgan fingerprint density at radius 2 is 1.72 bits per heavy atom. The molecule has 2 aromatic carbocycles. The minimum atomic E-state index is 0.999. The van der Waals surface area contributed by atoms with Crippen LogP contribution in [-0.2, 0) is 0 Å². The van der Waals surface area contributed by atoms with Crippen LogP contribution in [-0.4, -0.2) is 17.0 Å². The zero-order valence-corrected chi connectivity index (χ0v) is 9.96. The molecule has 1 aliphatic rings. The van der Waals surface area contributed by atoms with Crippen LogP contribution in [0.1, 0.15) is 0 Å². The highest BCUT2D eigenvalue weighted by Gasteiger charge is 2.22. The molecule has 0 bridgehead atoms. The highest BCUT2D eigenvalue weighted by molar-refractivity contribution is 6.08. The van der Waals surface area contributed by atoms with E-state index in [0.717, 1.165) is 16.6 Å². The van der Waals surface area contributed by atoms with Gasteiger partial charge in [0.2, 0.25) is 0 Å². The van der Waals surface area contributed by atoms with Gasteiger partial charge in [-0.1, -0.05) is 24.3 Å². The number of anilines is 2. The summed E-state index contributed by atoms with van der Waals surface area (Å²) in [6.07, 6.45) is 1.64. The van der Waals surface area contributed by atoms with Crippen molar-refractivity contribution in [1.29, 1.82) is 0 Å². The summed E-state index contributed by atoms with van der Waals surface area (Å²) in [4.78, 5) is 11.0. The Labute approximate surface area is 105 Å². The lowest BCUT2D eigenvalue weighted by molar-refractivity contribution is 1.16. The quantitative estimate of drug-likeness (QED) is 0.596. The van der Waals surface area contributed by atoms with Crippen molar-refractivity contribution in [2.75, 3.05) is 11.9 Å². The van der Waals surface area contributed by atoms with Crippen LogP contribution >= 0.6 is 0 Å². The van der Waals surface area contributed by atoms with Crippen LogP contribution in [0.2, 0.25) is 0 Å². The number of hydrogen-bond acceptors (Lipinski definition) is 3. The summed E-state index contributed by atoms with van der Waals surface area (Å²) in [7, 11) is 2.09. The van der Waals surface area contributed by atoms with Crippen LogP contribution in [0.4, 0.5) is 11.4 Å². The van der Waals surface area contributed by atoms with Gasteiger partial charge in [0.05, 0.1) is 28.0 Å². The Balaban J connectivity index is 2.24. The second-order valence-electron chi connectivity index (χ2n) is 4.47. The van der Waals surface area contributed by atoms with E-state index in [1.54, 1.807) is 6.33 Å². The molecule has 1 aromatic heterocycles. The number of fused-ring (bicyclic) bond motifs is 2. The largest absolute Gasteiger partial charge is 0.343 e. The summed E-state index contributed by atoms with van der Waals surface area (Å²) >= 11 is 0. The maximum Gasteiger partial charge on any atom is 0.116 e. The summed E-state index contributed by atoms with van der Waals surface area (Å²) in [5.41, 5.74) is 5.56. The van der Waals surface area contributed by atoms with E-state index >= 15 is 0 Å². The first-order valence-corrected chi connectivity index (χ1v) is 5.93. The molecule has 0 spiro atoms. The summed E-state index contributed by atoms with van der Waals surface area (Å²) in [6, 6.07) is 14.5. The molecule has 0 fully saturated rings. The van der Waals surface area contributed by atoms with Gasteiger partial charge in [0, 0.05) is 12.6 Å². The molecule has 3 nitrogen and oxygen atoms in total. The molecule has 0 atom stereocenters. The maximum atomic E-state index is 4.48. The number of nitrogens with zero attached hydrogens (tertiary/aromatic N) is 3.